The maximum absolute atomic E-state index is 13.3. The molecule has 0 aliphatic rings. The molecule has 0 heterocycles. The van der Waals surface area contributed by atoms with Crippen molar-refractivity contribution in [3.63, 3.8) is 0 Å². The van der Waals surface area contributed by atoms with Crippen molar-refractivity contribution in [1.29, 1.82) is 0 Å². The van der Waals surface area contributed by atoms with Gasteiger partial charge >= 0.3 is 0 Å². The molecule has 0 spiro atoms. The van der Waals surface area contributed by atoms with Gasteiger partial charge in [-0.05, 0) is 24.6 Å². The van der Waals surface area contributed by atoms with Gasteiger partial charge in [0.1, 0.15) is 0 Å². The summed E-state index contributed by atoms with van der Waals surface area (Å²) in [7, 11) is 0. The summed E-state index contributed by atoms with van der Waals surface area (Å²) >= 11 is 0. The van der Waals surface area contributed by atoms with E-state index in [9.17, 15) is 4.39 Å². The van der Waals surface area contributed by atoms with Crippen LogP contribution in [0.5, 0.6) is 5.75 Å². The van der Waals surface area contributed by atoms with Crippen molar-refractivity contribution in [3.8, 4) is 17.6 Å². The van der Waals surface area contributed by atoms with E-state index in [1.807, 2.05) is 0 Å². The molecule has 0 unspecified atom stereocenters. The molecule has 0 atom stereocenters. The molecule has 1 rings (SSSR count). The quantitative estimate of drug-likeness (QED) is 0.606. The molecule has 0 fully saturated rings. The predicted octanol–water partition coefficient (Wildman–Crippen LogP) is 2.11. The molecule has 1 aromatic carbocycles. The van der Waals surface area contributed by atoms with Gasteiger partial charge in [-0.25, -0.2) is 4.39 Å². The average molecular weight is 208 g/mol. The van der Waals surface area contributed by atoms with E-state index >= 15 is 0 Å². The number of aliphatic hydroxyl groups is 1. The molecular weight excluding hydrogens is 195 g/mol. The molecule has 3 heteroatoms. The number of halogens is 1. The van der Waals surface area contributed by atoms with Crippen LogP contribution in [0.1, 0.15) is 18.9 Å². The molecule has 0 saturated carbocycles. The summed E-state index contributed by atoms with van der Waals surface area (Å²) in [5, 5.41) is 8.77. The largest absolute Gasteiger partial charge is 0.490 e. The Morgan fingerprint density at radius 1 is 1.47 bits per heavy atom. The molecule has 0 aliphatic carbocycles. The molecule has 1 N–H and O–H groups in total. The lowest BCUT2D eigenvalue weighted by Crippen LogP contribution is -1.98. The highest BCUT2D eigenvalue weighted by Gasteiger charge is 2.03. The van der Waals surface area contributed by atoms with E-state index in [0.29, 0.717) is 18.6 Å². The van der Waals surface area contributed by atoms with Crippen LogP contribution in [0.4, 0.5) is 4.39 Å². The van der Waals surface area contributed by atoms with Crippen LogP contribution in [0.3, 0.4) is 0 Å². The third kappa shape index (κ3) is 3.61. The van der Waals surface area contributed by atoms with Crippen LogP contribution in [-0.4, -0.2) is 11.7 Å². The molecule has 0 saturated heterocycles. The maximum Gasteiger partial charge on any atom is 0.165 e. The zero-order chi connectivity index (χ0) is 11.1. The van der Waals surface area contributed by atoms with E-state index in [4.69, 9.17) is 9.84 Å². The Morgan fingerprint density at radius 2 is 2.27 bits per heavy atom. The standard InChI is InChI=1S/C12H13FO2/c1-2-3-4-7-15-12-6-5-10(9-14)8-11(12)13/h5-6,8,14H,4,7,9H2,1H3. The van der Waals surface area contributed by atoms with Crippen LogP contribution < -0.4 is 4.74 Å². The zero-order valence-electron chi connectivity index (χ0n) is 8.59. The summed E-state index contributed by atoms with van der Waals surface area (Å²) in [5.41, 5.74) is 0.535. The van der Waals surface area contributed by atoms with Gasteiger partial charge in [0.25, 0.3) is 0 Å². The molecule has 15 heavy (non-hydrogen) atoms. The zero-order valence-corrected chi connectivity index (χ0v) is 8.59. The van der Waals surface area contributed by atoms with Crippen molar-refractivity contribution >= 4 is 0 Å². The first-order chi connectivity index (χ1) is 7.27. The maximum atomic E-state index is 13.3. The topological polar surface area (TPSA) is 29.5 Å². The fourth-order valence-electron chi connectivity index (χ4n) is 1.10. The molecule has 2 nitrogen and oxygen atoms in total. The van der Waals surface area contributed by atoms with Gasteiger partial charge in [0.05, 0.1) is 13.2 Å². The molecule has 0 aromatic heterocycles. The van der Waals surface area contributed by atoms with Crippen LogP contribution in [0.15, 0.2) is 18.2 Å². The van der Waals surface area contributed by atoms with Gasteiger partial charge in [0.15, 0.2) is 11.6 Å². The summed E-state index contributed by atoms with van der Waals surface area (Å²) in [6.07, 6.45) is 0.581. The summed E-state index contributed by atoms with van der Waals surface area (Å²) in [6.45, 7) is 1.95. The normalized spacial score (nSPS) is 9.27. The van der Waals surface area contributed by atoms with Crippen LogP contribution in [0.2, 0.25) is 0 Å². The van der Waals surface area contributed by atoms with E-state index in [2.05, 4.69) is 11.8 Å². The summed E-state index contributed by atoms with van der Waals surface area (Å²) in [4.78, 5) is 0. The third-order valence-electron chi connectivity index (χ3n) is 1.84. The predicted molar refractivity (Wildman–Crippen MR) is 55.9 cm³/mol. The van der Waals surface area contributed by atoms with Crippen molar-refractivity contribution in [3.05, 3.63) is 29.6 Å². The second-order valence-electron chi connectivity index (χ2n) is 2.95. The second kappa shape index (κ2) is 6.05. The Hall–Kier alpha value is -1.53. The van der Waals surface area contributed by atoms with Crippen LogP contribution in [-0.2, 0) is 6.61 Å². The fraction of sp³-hybridized carbons (Fsp3) is 0.333. The first kappa shape index (κ1) is 11.5. The second-order valence-corrected chi connectivity index (χ2v) is 2.95. The summed E-state index contributed by atoms with van der Waals surface area (Å²) < 4.78 is 18.5. The third-order valence-corrected chi connectivity index (χ3v) is 1.84. The lowest BCUT2D eigenvalue weighted by molar-refractivity contribution is 0.279. The van der Waals surface area contributed by atoms with E-state index in [-0.39, 0.29) is 12.4 Å². The highest BCUT2D eigenvalue weighted by Crippen LogP contribution is 2.18. The minimum absolute atomic E-state index is 0.168. The summed E-state index contributed by atoms with van der Waals surface area (Å²) in [6, 6.07) is 4.41. The Kier molecular flexibility index (Phi) is 4.65. The van der Waals surface area contributed by atoms with Crippen molar-refractivity contribution < 1.29 is 14.2 Å². The van der Waals surface area contributed by atoms with Gasteiger partial charge in [-0.15, -0.1) is 11.8 Å². The average Bonchev–Trinajstić information content (AvgIpc) is 2.26. The Bertz CT molecular complexity index is 377. The molecule has 0 aliphatic heterocycles. The highest BCUT2D eigenvalue weighted by atomic mass is 19.1. The Balaban J connectivity index is 2.56. The number of hydrogen-bond acceptors (Lipinski definition) is 2. The molecule has 0 bridgehead atoms. The van der Waals surface area contributed by atoms with E-state index in [0.717, 1.165) is 0 Å². The van der Waals surface area contributed by atoms with Gasteiger partial charge in [-0.3, -0.25) is 0 Å². The number of hydrogen-bond donors (Lipinski definition) is 1. The van der Waals surface area contributed by atoms with Crippen molar-refractivity contribution in [1.82, 2.24) is 0 Å². The lowest BCUT2D eigenvalue weighted by Gasteiger charge is -2.06. The number of aliphatic hydroxyl groups excluding tert-OH is 1. The van der Waals surface area contributed by atoms with E-state index in [1.165, 1.54) is 12.1 Å². The summed E-state index contributed by atoms with van der Waals surface area (Å²) in [5.74, 6) is 5.30. The Morgan fingerprint density at radius 3 is 2.87 bits per heavy atom. The van der Waals surface area contributed by atoms with Crippen LogP contribution in [0, 0.1) is 17.7 Å². The Labute approximate surface area is 88.7 Å². The first-order valence-electron chi connectivity index (χ1n) is 4.69. The first-order valence-corrected chi connectivity index (χ1v) is 4.69. The van der Waals surface area contributed by atoms with Gasteiger partial charge in [-0.1, -0.05) is 6.07 Å². The number of ether oxygens (including phenoxy) is 1. The van der Waals surface area contributed by atoms with E-state index in [1.54, 1.807) is 13.0 Å². The van der Waals surface area contributed by atoms with Gasteiger partial charge in [-0.2, -0.15) is 0 Å². The van der Waals surface area contributed by atoms with Gasteiger partial charge in [0, 0.05) is 6.42 Å². The fourth-order valence-corrected chi connectivity index (χ4v) is 1.10. The molecule has 0 radical (unpaired) electrons. The molecular formula is C12H13FO2. The number of benzene rings is 1. The van der Waals surface area contributed by atoms with E-state index < -0.39 is 5.82 Å². The smallest absolute Gasteiger partial charge is 0.165 e. The van der Waals surface area contributed by atoms with Gasteiger partial charge < -0.3 is 9.84 Å². The molecule has 1 aromatic rings. The van der Waals surface area contributed by atoms with Crippen molar-refractivity contribution in [2.75, 3.05) is 6.61 Å². The minimum Gasteiger partial charge on any atom is -0.490 e. The van der Waals surface area contributed by atoms with Crippen molar-refractivity contribution in [2.45, 2.75) is 20.0 Å². The molecule has 80 valence electrons. The SMILES string of the molecule is CC#CCCOc1ccc(CO)cc1F. The van der Waals surface area contributed by atoms with Crippen LogP contribution in [0.25, 0.3) is 0 Å². The minimum atomic E-state index is -0.453. The van der Waals surface area contributed by atoms with Gasteiger partial charge in [0.2, 0.25) is 0 Å². The highest BCUT2D eigenvalue weighted by molar-refractivity contribution is 5.29. The number of rotatable bonds is 4. The molecule has 0 amide bonds. The van der Waals surface area contributed by atoms with Crippen molar-refractivity contribution in [2.24, 2.45) is 0 Å². The van der Waals surface area contributed by atoms with Crippen LogP contribution >= 0.6 is 0 Å². The lowest BCUT2D eigenvalue weighted by atomic mass is 10.2. The monoisotopic (exact) mass is 208 g/mol.